The van der Waals surface area contributed by atoms with Crippen LogP contribution in [0.15, 0.2) is 0 Å². The van der Waals surface area contributed by atoms with Gasteiger partial charge in [-0.15, -0.1) is 0 Å². The van der Waals surface area contributed by atoms with Crippen molar-refractivity contribution in [1.29, 1.82) is 0 Å². The summed E-state index contributed by atoms with van der Waals surface area (Å²) >= 11 is 0. The van der Waals surface area contributed by atoms with E-state index in [-0.39, 0.29) is 18.3 Å². The maximum atomic E-state index is 12.4. The molecule has 0 saturated heterocycles. The number of fused-ring (bicyclic) bond motifs is 1. The van der Waals surface area contributed by atoms with E-state index < -0.39 is 35.3 Å². The first-order valence-corrected chi connectivity index (χ1v) is 7.35. The number of rotatable bonds is 7. The van der Waals surface area contributed by atoms with E-state index in [0.29, 0.717) is 19.3 Å². The molecule has 0 heterocycles. The van der Waals surface area contributed by atoms with Crippen molar-refractivity contribution in [1.82, 2.24) is 5.32 Å². The van der Waals surface area contributed by atoms with Crippen molar-refractivity contribution in [3.05, 3.63) is 0 Å². The van der Waals surface area contributed by atoms with Crippen molar-refractivity contribution in [3.63, 3.8) is 0 Å². The van der Waals surface area contributed by atoms with Gasteiger partial charge in [-0.3, -0.25) is 14.4 Å². The Kier molecular flexibility index (Phi) is 4.22. The minimum atomic E-state index is -1.17. The van der Waals surface area contributed by atoms with Gasteiger partial charge in [-0.05, 0) is 25.2 Å². The fourth-order valence-corrected chi connectivity index (χ4v) is 3.71. The summed E-state index contributed by atoms with van der Waals surface area (Å²) in [4.78, 5) is 34.3. The van der Waals surface area contributed by atoms with Crippen molar-refractivity contribution in [3.8, 4) is 0 Å². The molecule has 0 unspecified atom stereocenters. The smallest absolute Gasteiger partial charge is 0.307 e. The lowest BCUT2D eigenvalue weighted by atomic mass is 9.89. The van der Waals surface area contributed by atoms with Crippen LogP contribution in [-0.4, -0.2) is 39.6 Å². The average Bonchev–Trinajstić information content (AvgIpc) is 3.02. The number of amides is 1. The van der Waals surface area contributed by atoms with Gasteiger partial charge in [-0.2, -0.15) is 0 Å². The molecule has 2 aliphatic rings. The number of hydrogen-bond donors (Lipinski definition) is 4. The number of hydrogen-bond acceptors (Lipinski definition) is 4. The molecule has 2 aliphatic carbocycles. The molecule has 1 amide bonds. The first-order valence-electron chi connectivity index (χ1n) is 7.35. The highest BCUT2D eigenvalue weighted by molar-refractivity contribution is 5.90. The van der Waals surface area contributed by atoms with Gasteiger partial charge >= 0.3 is 11.9 Å². The standard InChI is InChI=1S/C14H22N2O5/c1-2-3-7(6-9(17)18)16-13(21)14(15)5-4-8-10(11(8)14)12(19)20/h7-8,10-11H,2-6,15H2,1H3,(H,16,21)(H,17,18)(H,19,20)/t7-,8-,10-,11-,14-/m0/s1. The van der Waals surface area contributed by atoms with Crippen molar-refractivity contribution in [2.45, 2.75) is 50.6 Å². The van der Waals surface area contributed by atoms with Gasteiger partial charge in [0.05, 0.1) is 17.9 Å². The zero-order valence-electron chi connectivity index (χ0n) is 12.0. The molecule has 5 atom stereocenters. The number of aliphatic carboxylic acids is 2. The molecule has 5 N–H and O–H groups in total. The van der Waals surface area contributed by atoms with Gasteiger partial charge in [0.15, 0.2) is 0 Å². The van der Waals surface area contributed by atoms with Crippen LogP contribution in [0.1, 0.15) is 39.0 Å². The van der Waals surface area contributed by atoms with Crippen LogP contribution >= 0.6 is 0 Å². The Morgan fingerprint density at radius 3 is 2.52 bits per heavy atom. The topological polar surface area (TPSA) is 130 Å². The van der Waals surface area contributed by atoms with Gasteiger partial charge in [-0.25, -0.2) is 0 Å². The van der Waals surface area contributed by atoms with Crippen molar-refractivity contribution < 1.29 is 24.6 Å². The Balaban J connectivity index is 2.02. The molecule has 2 fully saturated rings. The first kappa shape index (κ1) is 15.8. The Labute approximate surface area is 122 Å². The van der Waals surface area contributed by atoms with E-state index >= 15 is 0 Å². The molecule has 0 radical (unpaired) electrons. The molecule has 0 spiro atoms. The normalized spacial score (nSPS) is 34.9. The molecular weight excluding hydrogens is 276 g/mol. The fraction of sp³-hybridized carbons (Fsp3) is 0.786. The lowest BCUT2D eigenvalue weighted by molar-refractivity contribution is -0.140. The summed E-state index contributed by atoms with van der Waals surface area (Å²) < 4.78 is 0. The summed E-state index contributed by atoms with van der Waals surface area (Å²) in [7, 11) is 0. The lowest BCUT2D eigenvalue weighted by Gasteiger charge is -2.28. The second kappa shape index (κ2) is 5.63. The van der Waals surface area contributed by atoms with Crippen LogP contribution in [0, 0.1) is 17.8 Å². The Morgan fingerprint density at radius 1 is 1.38 bits per heavy atom. The Morgan fingerprint density at radius 2 is 2.05 bits per heavy atom. The van der Waals surface area contributed by atoms with Crippen molar-refractivity contribution >= 4 is 17.8 Å². The van der Waals surface area contributed by atoms with Crippen LogP contribution in [0.5, 0.6) is 0 Å². The summed E-state index contributed by atoms with van der Waals surface area (Å²) in [5.41, 5.74) is 5.00. The number of nitrogens with one attached hydrogen (secondary N) is 1. The molecule has 0 aromatic carbocycles. The largest absolute Gasteiger partial charge is 0.481 e. The Bertz CT molecular complexity index is 466. The predicted molar refractivity (Wildman–Crippen MR) is 73.3 cm³/mol. The van der Waals surface area contributed by atoms with E-state index in [1.165, 1.54) is 0 Å². The molecule has 7 nitrogen and oxygen atoms in total. The average molecular weight is 298 g/mol. The van der Waals surface area contributed by atoms with Gasteiger partial charge in [-0.1, -0.05) is 13.3 Å². The summed E-state index contributed by atoms with van der Waals surface area (Å²) in [6.07, 6.45) is 2.27. The number of nitrogens with two attached hydrogens (primary N) is 1. The van der Waals surface area contributed by atoms with Gasteiger partial charge in [0.25, 0.3) is 0 Å². The zero-order chi connectivity index (χ0) is 15.8. The lowest BCUT2D eigenvalue weighted by Crippen LogP contribution is -2.57. The Hall–Kier alpha value is -1.63. The summed E-state index contributed by atoms with van der Waals surface area (Å²) in [5, 5.41) is 20.7. The number of carboxylic acid groups (broad SMARTS) is 2. The summed E-state index contributed by atoms with van der Waals surface area (Å²) in [6, 6.07) is -0.457. The third-order valence-corrected chi connectivity index (χ3v) is 4.76. The van der Waals surface area contributed by atoms with Crippen LogP contribution in [0.3, 0.4) is 0 Å². The first-order chi connectivity index (χ1) is 9.81. The van der Waals surface area contributed by atoms with Crippen LogP contribution < -0.4 is 11.1 Å². The fourth-order valence-electron chi connectivity index (χ4n) is 3.71. The minimum Gasteiger partial charge on any atom is -0.481 e. The third kappa shape index (κ3) is 2.88. The van der Waals surface area contributed by atoms with E-state index in [4.69, 9.17) is 15.9 Å². The SMILES string of the molecule is CCC[C@@H](CC(=O)O)NC(=O)[C@]1(N)CC[C@H]2[C@H](C(=O)O)[C@H]21. The molecule has 2 saturated carbocycles. The highest BCUT2D eigenvalue weighted by Crippen LogP contribution is 2.61. The van der Waals surface area contributed by atoms with Gasteiger partial charge in [0, 0.05) is 12.0 Å². The molecule has 2 rings (SSSR count). The van der Waals surface area contributed by atoms with E-state index in [0.717, 1.165) is 6.42 Å². The van der Waals surface area contributed by atoms with E-state index in [9.17, 15) is 14.4 Å². The van der Waals surface area contributed by atoms with Crippen LogP contribution in [-0.2, 0) is 14.4 Å². The van der Waals surface area contributed by atoms with Crippen LogP contribution in [0.25, 0.3) is 0 Å². The summed E-state index contributed by atoms with van der Waals surface area (Å²) in [5.74, 6) is -3.14. The van der Waals surface area contributed by atoms with E-state index in [1.807, 2.05) is 6.92 Å². The van der Waals surface area contributed by atoms with Gasteiger partial charge < -0.3 is 21.3 Å². The van der Waals surface area contributed by atoms with Crippen LogP contribution in [0.2, 0.25) is 0 Å². The maximum Gasteiger partial charge on any atom is 0.307 e. The molecule has 0 aromatic rings. The monoisotopic (exact) mass is 298 g/mol. The van der Waals surface area contributed by atoms with Gasteiger partial charge in [0.2, 0.25) is 5.91 Å². The highest BCUT2D eigenvalue weighted by atomic mass is 16.4. The number of carboxylic acids is 2. The maximum absolute atomic E-state index is 12.4. The molecular formula is C14H22N2O5. The van der Waals surface area contributed by atoms with Crippen LogP contribution in [0.4, 0.5) is 0 Å². The number of carbonyl (C=O) groups is 3. The third-order valence-electron chi connectivity index (χ3n) is 4.76. The number of carbonyl (C=O) groups excluding carboxylic acids is 1. The van der Waals surface area contributed by atoms with E-state index in [2.05, 4.69) is 5.32 Å². The van der Waals surface area contributed by atoms with E-state index in [1.54, 1.807) is 0 Å². The second-order valence-corrected chi connectivity index (χ2v) is 6.19. The molecule has 0 aliphatic heterocycles. The minimum absolute atomic E-state index is 0.0117. The zero-order valence-corrected chi connectivity index (χ0v) is 12.0. The predicted octanol–water partition coefficient (Wildman–Crippen LogP) is 0.184. The molecule has 7 heteroatoms. The quantitative estimate of drug-likeness (QED) is 0.530. The molecule has 21 heavy (non-hydrogen) atoms. The van der Waals surface area contributed by atoms with Crippen molar-refractivity contribution in [2.24, 2.45) is 23.5 Å². The molecule has 0 aromatic heterocycles. The molecule has 0 bridgehead atoms. The molecule has 118 valence electrons. The summed E-state index contributed by atoms with van der Waals surface area (Å²) in [6.45, 7) is 1.91. The van der Waals surface area contributed by atoms with Gasteiger partial charge in [0.1, 0.15) is 0 Å². The second-order valence-electron chi connectivity index (χ2n) is 6.19. The van der Waals surface area contributed by atoms with Crippen molar-refractivity contribution in [2.75, 3.05) is 0 Å². The highest BCUT2D eigenvalue weighted by Gasteiger charge is 2.69.